The van der Waals surface area contributed by atoms with Crippen LogP contribution in [0, 0.1) is 11.3 Å². The highest BCUT2D eigenvalue weighted by atomic mass is 15.3. The summed E-state index contributed by atoms with van der Waals surface area (Å²) in [5.41, 5.74) is 0. The van der Waals surface area contributed by atoms with Crippen LogP contribution in [-0.2, 0) is 0 Å². The third kappa shape index (κ3) is 1.92. The summed E-state index contributed by atoms with van der Waals surface area (Å²) >= 11 is 0. The van der Waals surface area contributed by atoms with Crippen molar-refractivity contribution in [3.63, 3.8) is 0 Å². The molecule has 2 aliphatic rings. The second kappa shape index (κ2) is 3.88. The van der Waals surface area contributed by atoms with Gasteiger partial charge in [-0.3, -0.25) is 4.90 Å². The highest BCUT2D eigenvalue weighted by Gasteiger charge is 2.39. The minimum atomic E-state index is 0.473. The molecule has 1 aliphatic heterocycles. The fourth-order valence-corrected chi connectivity index (χ4v) is 2.74. The van der Waals surface area contributed by atoms with Gasteiger partial charge in [0.25, 0.3) is 0 Å². The molecular formula is C11H19N3. The lowest BCUT2D eigenvalue weighted by Crippen LogP contribution is -2.57. The molecule has 0 bridgehead atoms. The van der Waals surface area contributed by atoms with Gasteiger partial charge < -0.3 is 4.90 Å². The highest BCUT2D eigenvalue weighted by molar-refractivity contribution is 4.98. The van der Waals surface area contributed by atoms with E-state index in [1.54, 1.807) is 0 Å². The van der Waals surface area contributed by atoms with Gasteiger partial charge in [-0.1, -0.05) is 0 Å². The molecule has 1 saturated carbocycles. The summed E-state index contributed by atoms with van der Waals surface area (Å²) in [5.74, 6) is 0. The maximum Gasteiger partial charge on any atom is 0.0638 e. The number of nitrogens with zero attached hydrogens (tertiary/aromatic N) is 3. The average molecular weight is 193 g/mol. The van der Waals surface area contributed by atoms with E-state index in [1.807, 2.05) is 0 Å². The first-order valence-electron chi connectivity index (χ1n) is 5.55. The Hall–Kier alpha value is -0.590. The lowest BCUT2D eigenvalue weighted by Gasteiger charge is -2.44. The first-order valence-corrected chi connectivity index (χ1v) is 5.55. The summed E-state index contributed by atoms with van der Waals surface area (Å²) in [6.45, 7) is 4.51. The lowest BCUT2D eigenvalue weighted by molar-refractivity contribution is 0.0388. The number of rotatable bonds is 2. The van der Waals surface area contributed by atoms with Crippen LogP contribution < -0.4 is 0 Å². The molecule has 14 heavy (non-hydrogen) atoms. The van der Waals surface area contributed by atoms with Crippen LogP contribution in [0.2, 0.25) is 0 Å². The van der Waals surface area contributed by atoms with Crippen LogP contribution in [0.4, 0.5) is 0 Å². The molecule has 78 valence electrons. The minimum Gasteiger partial charge on any atom is -0.303 e. The topological polar surface area (TPSA) is 30.3 Å². The summed E-state index contributed by atoms with van der Waals surface area (Å²) in [6, 6.07) is 4.21. The van der Waals surface area contributed by atoms with Crippen molar-refractivity contribution in [1.82, 2.24) is 9.80 Å². The summed E-state index contributed by atoms with van der Waals surface area (Å²) in [4.78, 5) is 4.94. The van der Waals surface area contributed by atoms with Crippen LogP contribution in [0.25, 0.3) is 0 Å². The smallest absolute Gasteiger partial charge is 0.0638 e. The average Bonchev–Trinajstić information content (AvgIpc) is 2.87. The zero-order chi connectivity index (χ0) is 10.1. The van der Waals surface area contributed by atoms with E-state index in [2.05, 4.69) is 29.8 Å². The van der Waals surface area contributed by atoms with Crippen molar-refractivity contribution in [3.8, 4) is 6.07 Å². The molecule has 1 saturated heterocycles. The summed E-state index contributed by atoms with van der Waals surface area (Å²) in [5, 5.41) is 8.82. The molecule has 3 nitrogen and oxygen atoms in total. The SMILES string of the molecule is CC1CN(C)CC(CC#N)N1C1CC1. The predicted octanol–water partition coefficient (Wildman–Crippen LogP) is 1.07. The second-order valence-corrected chi connectivity index (χ2v) is 4.76. The summed E-state index contributed by atoms with van der Waals surface area (Å²) in [6.07, 6.45) is 3.37. The van der Waals surface area contributed by atoms with Gasteiger partial charge in [-0.25, -0.2) is 0 Å². The normalized spacial score (nSPS) is 35.5. The van der Waals surface area contributed by atoms with Crippen molar-refractivity contribution in [1.29, 1.82) is 5.26 Å². The molecule has 0 N–H and O–H groups in total. The maximum atomic E-state index is 8.82. The largest absolute Gasteiger partial charge is 0.303 e. The Morgan fingerprint density at radius 3 is 2.64 bits per heavy atom. The van der Waals surface area contributed by atoms with Crippen molar-refractivity contribution in [2.75, 3.05) is 20.1 Å². The number of nitriles is 1. The summed E-state index contributed by atoms with van der Waals surface area (Å²) < 4.78 is 0. The van der Waals surface area contributed by atoms with Crippen LogP contribution in [-0.4, -0.2) is 48.1 Å². The third-order valence-electron chi connectivity index (χ3n) is 3.32. The molecule has 2 rings (SSSR count). The zero-order valence-electron chi connectivity index (χ0n) is 9.11. The highest BCUT2D eigenvalue weighted by Crippen LogP contribution is 2.33. The van der Waals surface area contributed by atoms with Gasteiger partial charge in [-0.2, -0.15) is 5.26 Å². The van der Waals surface area contributed by atoms with Crippen LogP contribution in [0.3, 0.4) is 0 Å². The quantitative estimate of drug-likeness (QED) is 0.657. The Morgan fingerprint density at radius 2 is 2.07 bits per heavy atom. The van der Waals surface area contributed by atoms with Gasteiger partial charge in [0.1, 0.15) is 0 Å². The van der Waals surface area contributed by atoms with E-state index in [1.165, 1.54) is 12.8 Å². The van der Waals surface area contributed by atoms with Crippen molar-refractivity contribution < 1.29 is 0 Å². The van der Waals surface area contributed by atoms with Gasteiger partial charge in [-0.05, 0) is 26.8 Å². The fourth-order valence-electron chi connectivity index (χ4n) is 2.74. The van der Waals surface area contributed by atoms with Crippen LogP contribution in [0.1, 0.15) is 26.2 Å². The Kier molecular flexibility index (Phi) is 2.76. The van der Waals surface area contributed by atoms with Crippen LogP contribution in [0.15, 0.2) is 0 Å². The standard InChI is InChI=1S/C11H19N3/c1-9-7-13(2)8-11(5-6-12)14(9)10-3-4-10/h9-11H,3-5,7-8H2,1-2H3. The van der Waals surface area contributed by atoms with Gasteiger partial charge >= 0.3 is 0 Å². The number of hydrogen-bond acceptors (Lipinski definition) is 3. The van der Waals surface area contributed by atoms with E-state index in [9.17, 15) is 0 Å². The van der Waals surface area contributed by atoms with Gasteiger partial charge in [0.15, 0.2) is 0 Å². The molecule has 2 atom stereocenters. The predicted molar refractivity (Wildman–Crippen MR) is 55.8 cm³/mol. The first kappa shape index (κ1) is 9.95. The van der Waals surface area contributed by atoms with E-state index >= 15 is 0 Å². The molecule has 1 aliphatic carbocycles. The maximum absolute atomic E-state index is 8.82. The molecule has 0 aromatic heterocycles. The Bertz CT molecular complexity index is 241. The van der Waals surface area contributed by atoms with E-state index in [0.29, 0.717) is 18.5 Å². The molecule has 0 radical (unpaired) electrons. The molecule has 0 spiro atoms. The number of likely N-dealkylation sites (N-methyl/N-ethyl adjacent to an activating group) is 1. The van der Waals surface area contributed by atoms with Crippen molar-refractivity contribution in [2.45, 2.75) is 44.3 Å². The molecule has 0 aromatic carbocycles. The van der Waals surface area contributed by atoms with Crippen LogP contribution in [0.5, 0.6) is 0 Å². The van der Waals surface area contributed by atoms with Gasteiger partial charge in [0.2, 0.25) is 0 Å². The first-order chi connectivity index (χ1) is 6.72. The fraction of sp³-hybridized carbons (Fsp3) is 0.909. The van der Waals surface area contributed by atoms with E-state index in [4.69, 9.17) is 5.26 Å². The van der Waals surface area contributed by atoms with Gasteiger partial charge in [-0.15, -0.1) is 0 Å². The van der Waals surface area contributed by atoms with E-state index < -0.39 is 0 Å². The Morgan fingerprint density at radius 1 is 1.36 bits per heavy atom. The Labute approximate surface area is 86.3 Å². The third-order valence-corrected chi connectivity index (χ3v) is 3.32. The molecule has 3 heteroatoms. The van der Waals surface area contributed by atoms with Crippen molar-refractivity contribution in [2.24, 2.45) is 0 Å². The van der Waals surface area contributed by atoms with Crippen LogP contribution >= 0.6 is 0 Å². The molecule has 2 fully saturated rings. The van der Waals surface area contributed by atoms with Gasteiger partial charge in [0, 0.05) is 31.2 Å². The number of piperazine rings is 1. The molecule has 0 amide bonds. The van der Waals surface area contributed by atoms with E-state index in [-0.39, 0.29) is 0 Å². The molecular weight excluding hydrogens is 174 g/mol. The molecule has 1 heterocycles. The van der Waals surface area contributed by atoms with Crippen molar-refractivity contribution >= 4 is 0 Å². The second-order valence-electron chi connectivity index (χ2n) is 4.76. The zero-order valence-corrected chi connectivity index (χ0v) is 9.11. The van der Waals surface area contributed by atoms with E-state index in [0.717, 1.165) is 19.1 Å². The minimum absolute atomic E-state index is 0.473. The van der Waals surface area contributed by atoms with Crippen molar-refractivity contribution in [3.05, 3.63) is 0 Å². The monoisotopic (exact) mass is 193 g/mol. The Balaban J connectivity index is 2.04. The van der Waals surface area contributed by atoms with Gasteiger partial charge in [0.05, 0.1) is 12.5 Å². The lowest BCUT2D eigenvalue weighted by atomic mass is 10.0. The molecule has 2 unspecified atom stereocenters. The number of hydrogen-bond donors (Lipinski definition) is 0. The molecule has 0 aromatic rings. The summed E-state index contributed by atoms with van der Waals surface area (Å²) in [7, 11) is 2.16.